The highest BCUT2D eigenvalue weighted by atomic mass is 16.6. The Balaban J connectivity index is 1.95. The van der Waals surface area contributed by atoms with E-state index in [1.165, 1.54) is 19.3 Å². The molecule has 0 unspecified atom stereocenters. The molecule has 104 valence electrons. The maximum Gasteiger partial charge on any atom is 0.410 e. The van der Waals surface area contributed by atoms with Crippen molar-refractivity contribution in [2.45, 2.75) is 58.1 Å². The zero-order valence-electron chi connectivity index (χ0n) is 11.9. The van der Waals surface area contributed by atoms with Crippen LogP contribution in [0.25, 0.3) is 0 Å². The second kappa shape index (κ2) is 5.47. The molecule has 2 aliphatic rings. The summed E-state index contributed by atoms with van der Waals surface area (Å²) >= 11 is 0. The Bertz CT molecular complexity index is 299. The van der Waals surface area contributed by atoms with E-state index >= 15 is 0 Å². The zero-order chi connectivity index (χ0) is 13.2. The Hall–Kier alpha value is -0.770. The van der Waals surface area contributed by atoms with Gasteiger partial charge in [0.15, 0.2) is 0 Å². The van der Waals surface area contributed by atoms with Gasteiger partial charge in [0.25, 0.3) is 0 Å². The van der Waals surface area contributed by atoms with Crippen molar-refractivity contribution in [1.29, 1.82) is 0 Å². The summed E-state index contributed by atoms with van der Waals surface area (Å²) in [4.78, 5) is 14.0. The minimum absolute atomic E-state index is 0.145. The van der Waals surface area contributed by atoms with E-state index in [1.807, 2.05) is 25.7 Å². The van der Waals surface area contributed by atoms with Gasteiger partial charge in [0.1, 0.15) is 5.60 Å². The number of carbonyl (C=O) groups is 1. The summed E-state index contributed by atoms with van der Waals surface area (Å²) in [5, 5.41) is 3.59. The molecule has 2 saturated heterocycles. The van der Waals surface area contributed by atoms with Crippen LogP contribution >= 0.6 is 0 Å². The van der Waals surface area contributed by atoms with Crippen molar-refractivity contribution >= 4 is 6.09 Å². The van der Waals surface area contributed by atoms with E-state index in [9.17, 15) is 4.79 Å². The lowest BCUT2D eigenvalue weighted by molar-refractivity contribution is 0.0223. The molecule has 1 N–H and O–H groups in total. The number of hydrogen-bond donors (Lipinski definition) is 1. The van der Waals surface area contributed by atoms with Crippen molar-refractivity contribution in [2.24, 2.45) is 5.92 Å². The molecule has 2 aliphatic heterocycles. The molecule has 2 heterocycles. The number of hydrogen-bond acceptors (Lipinski definition) is 3. The summed E-state index contributed by atoms with van der Waals surface area (Å²) in [7, 11) is 0. The molecule has 0 aliphatic carbocycles. The van der Waals surface area contributed by atoms with E-state index in [2.05, 4.69) is 5.32 Å². The summed E-state index contributed by atoms with van der Waals surface area (Å²) < 4.78 is 5.48. The smallest absolute Gasteiger partial charge is 0.410 e. The van der Waals surface area contributed by atoms with Crippen LogP contribution in [0.5, 0.6) is 0 Å². The summed E-state index contributed by atoms with van der Waals surface area (Å²) in [6.45, 7) is 8.60. The fourth-order valence-electron chi connectivity index (χ4n) is 2.94. The third kappa shape index (κ3) is 3.61. The van der Waals surface area contributed by atoms with Gasteiger partial charge in [0.05, 0.1) is 0 Å². The van der Waals surface area contributed by atoms with Crippen LogP contribution in [-0.2, 0) is 4.74 Å². The first-order valence-corrected chi connectivity index (χ1v) is 7.17. The lowest BCUT2D eigenvalue weighted by Gasteiger charge is -2.33. The van der Waals surface area contributed by atoms with E-state index < -0.39 is 5.60 Å². The van der Waals surface area contributed by atoms with Gasteiger partial charge in [-0.2, -0.15) is 0 Å². The highest BCUT2D eigenvalue weighted by Crippen LogP contribution is 2.25. The summed E-state index contributed by atoms with van der Waals surface area (Å²) in [5.74, 6) is 0.605. The SMILES string of the molecule is CC(C)(C)OC(=O)N1CCC[C@@H]2NCCC[C@@H]2C1. The average molecular weight is 254 g/mol. The quantitative estimate of drug-likeness (QED) is 0.721. The first kappa shape index (κ1) is 13.7. The number of nitrogens with one attached hydrogen (secondary N) is 1. The molecule has 0 spiro atoms. The number of carbonyl (C=O) groups excluding carboxylic acids is 1. The van der Waals surface area contributed by atoms with Crippen molar-refractivity contribution < 1.29 is 9.53 Å². The molecule has 2 rings (SSSR count). The van der Waals surface area contributed by atoms with E-state index in [0.717, 1.165) is 26.1 Å². The lowest BCUT2D eigenvalue weighted by Crippen LogP contribution is -2.45. The first-order valence-electron chi connectivity index (χ1n) is 7.17. The Morgan fingerprint density at radius 3 is 2.78 bits per heavy atom. The van der Waals surface area contributed by atoms with Crippen LogP contribution < -0.4 is 5.32 Å². The van der Waals surface area contributed by atoms with Crippen LogP contribution in [0.4, 0.5) is 4.79 Å². The van der Waals surface area contributed by atoms with Crippen molar-refractivity contribution in [3.8, 4) is 0 Å². The third-order valence-electron chi connectivity index (χ3n) is 3.78. The molecule has 4 nitrogen and oxygen atoms in total. The number of piperidine rings is 1. The highest BCUT2D eigenvalue weighted by Gasteiger charge is 2.32. The van der Waals surface area contributed by atoms with Crippen molar-refractivity contribution in [3.63, 3.8) is 0 Å². The van der Waals surface area contributed by atoms with Crippen LogP contribution in [0.1, 0.15) is 46.5 Å². The van der Waals surface area contributed by atoms with Gasteiger partial charge in [-0.15, -0.1) is 0 Å². The molecule has 4 heteroatoms. The van der Waals surface area contributed by atoms with Crippen LogP contribution in [0.15, 0.2) is 0 Å². The standard InChI is InChI=1S/C14H26N2O2/c1-14(2,3)18-13(17)16-9-5-7-12-11(10-16)6-4-8-15-12/h11-12,15H,4-10H2,1-3H3/t11-,12+/m1/s1. The number of nitrogens with zero attached hydrogens (tertiary/aromatic N) is 1. The van der Waals surface area contributed by atoms with Gasteiger partial charge in [0.2, 0.25) is 0 Å². The van der Waals surface area contributed by atoms with Crippen molar-refractivity contribution in [3.05, 3.63) is 0 Å². The fourth-order valence-corrected chi connectivity index (χ4v) is 2.94. The predicted octanol–water partition coefficient (Wildman–Crippen LogP) is 2.39. The lowest BCUT2D eigenvalue weighted by atomic mass is 9.89. The topological polar surface area (TPSA) is 41.6 Å². The van der Waals surface area contributed by atoms with Crippen LogP contribution in [0.3, 0.4) is 0 Å². The number of rotatable bonds is 0. The Labute approximate surface area is 110 Å². The first-order chi connectivity index (χ1) is 8.46. The average Bonchev–Trinajstić information content (AvgIpc) is 2.48. The normalized spacial score (nSPS) is 29.4. The Morgan fingerprint density at radius 2 is 2.06 bits per heavy atom. The Morgan fingerprint density at radius 1 is 1.28 bits per heavy atom. The molecule has 0 saturated carbocycles. The van der Waals surface area contributed by atoms with Gasteiger partial charge >= 0.3 is 6.09 Å². The zero-order valence-corrected chi connectivity index (χ0v) is 11.9. The number of fused-ring (bicyclic) bond motifs is 1. The van der Waals surface area contributed by atoms with E-state index in [1.54, 1.807) is 0 Å². The molecular formula is C14H26N2O2. The molecule has 1 amide bonds. The molecule has 2 atom stereocenters. The minimum atomic E-state index is -0.395. The molecule has 18 heavy (non-hydrogen) atoms. The Kier molecular flexibility index (Phi) is 4.15. The minimum Gasteiger partial charge on any atom is -0.444 e. The van der Waals surface area contributed by atoms with Gasteiger partial charge in [0, 0.05) is 19.1 Å². The van der Waals surface area contributed by atoms with Crippen LogP contribution in [0.2, 0.25) is 0 Å². The molecule has 0 aromatic heterocycles. The summed E-state index contributed by atoms with van der Waals surface area (Å²) in [6.07, 6.45) is 4.58. The number of ether oxygens (including phenoxy) is 1. The van der Waals surface area contributed by atoms with E-state index in [-0.39, 0.29) is 6.09 Å². The number of likely N-dealkylation sites (tertiary alicyclic amines) is 1. The third-order valence-corrected chi connectivity index (χ3v) is 3.78. The summed E-state index contributed by atoms with van der Waals surface area (Å²) in [6, 6.07) is 0.603. The molecule has 0 bridgehead atoms. The highest BCUT2D eigenvalue weighted by molar-refractivity contribution is 5.68. The van der Waals surface area contributed by atoms with Crippen molar-refractivity contribution in [2.75, 3.05) is 19.6 Å². The number of amides is 1. The molecule has 0 aromatic rings. The van der Waals surface area contributed by atoms with Gasteiger partial charge in [-0.3, -0.25) is 0 Å². The van der Waals surface area contributed by atoms with Gasteiger partial charge in [-0.05, 0) is 58.9 Å². The van der Waals surface area contributed by atoms with Gasteiger partial charge in [-0.25, -0.2) is 4.79 Å². The summed E-state index contributed by atoms with van der Waals surface area (Å²) in [5.41, 5.74) is -0.395. The predicted molar refractivity (Wildman–Crippen MR) is 71.6 cm³/mol. The molecule has 2 fully saturated rings. The van der Waals surface area contributed by atoms with Crippen LogP contribution in [-0.4, -0.2) is 42.3 Å². The molecule has 0 radical (unpaired) electrons. The second-order valence-corrected chi connectivity index (χ2v) is 6.53. The fraction of sp³-hybridized carbons (Fsp3) is 0.929. The van der Waals surface area contributed by atoms with Gasteiger partial charge in [-0.1, -0.05) is 0 Å². The molecule has 0 aromatic carbocycles. The van der Waals surface area contributed by atoms with E-state index in [0.29, 0.717) is 12.0 Å². The van der Waals surface area contributed by atoms with Crippen LogP contribution in [0, 0.1) is 5.92 Å². The largest absolute Gasteiger partial charge is 0.444 e. The van der Waals surface area contributed by atoms with E-state index in [4.69, 9.17) is 4.74 Å². The van der Waals surface area contributed by atoms with Crippen molar-refractivity contribution in [1.82, 2.24) is 10.2 Å². The maximum absolute atomic E-state index is 12.1. The second-order valence-electron chi connectivity index (χ2n) is 6.53. The maximum atomic E-state index is 12.1. The monoisotopic (exact) mass is 254 g/mol. The van der Waals surface area contributed by atoms with Gasteiger partial charge < -0.3 is 15.0 Å². The molecular weight excluding hydrogens is 228 g/mol.